The van der Waals surface area contributed by atoms with E-state index in [1.807, 2.05) is 24.4 Å². The fourth-order valence-corrected chi connectivity index (χ4v) is 4.01. The van der Waals surface area contributed by atoms with Crippen molar-refractivity contribution in [3.05, 3.63) is 77.7 Å². The number of nitrogens with one attached hydrogen (secondary N) is 3. The first kappa shape index (κ1) is 21.1. The molecular formula is C25H31N5O. The lowest BCUT2D eigenvalue weighted by molar-refractivity contribution is -0.0265. The first-order chi connectivity index (χ1) is 15.2. The molecule has 6 heteroatoms. The Kier molecular flexibility index (Phi) is 6.99. The maximum atomic E-state index is 6.14. The Hall–Kier alpha value is -3.12. The second-order valence-corrected chi connectivity index (χ2v) is 8.02. The predicted octanol–water partition coefficient (Wildman–Crippen LogP) is 4.22. The molecule has 4 rings (SSSR count). The van der Waals surface area contributed by atoms with Crippen LogP contribution < -0.4 is 10.6 Å². The minimum Gasteiger partial charge on any atom is -0.373 e. The molecule has 1 saturated heterocycles. The van der Waals surface area contributed by atoms with Gasteiger partial charge in [-0.25, -0.2) is 4.98 Å². The van der Waals surface area contributed by atoms with Crippen molar-refractivity contribution in [2.24, 2.45) is 10.9 Å². The molecule has 1 aliphatic rings. The molecule has 0 spiro atoms. The van der Waals surface area contributed by atoms with E-state index in [-0.39, 0.29) is 6.10 Å². The third-order valence-corrected chi connectivity index (χ3v) is 5.74. The molecule has 3 N–H and O–H groups in total. The third kappa shape index (κ3) is 5.52. The fraction of sp³-hybridized carbons (Fsp3) is 0.360. The first-order valence-corrected chi connectivity index (χ1v) is 10.9. The van der Waals surface area contributed by atoms with Crippen LogP contribution in [0.1, 0.15) is 35.9 Å². The molecule has 1 aliphatic heterocycles. The molecule has 0 aliphatic carbocycles. The van der Waals surface area contributed by atoms with Gasteiger partial charge in [0.2, 0.25) is 0 Å². The van der Waals surface area contributed by atoms with Crippen molar-refractivity contribution in [3.63, 3.8) is 0 Å². The third-order valence-electron chi connectivity index (χ3n) is 5.74. The first-order valence-electron chi connectivity index (χ1n) is 10.9. The van der Waals surface area contributed by atoms with Gasteiger partial charge >= 0.3 is 0 Å². The maximum Gasteiger partial charge on any atom is 0.191 e. The number of hydrogen-bond donors (Lipinski definition) is 3. The number of H-pyrrole nitrogens is 1. The number of aromatic amines is 1. The second-order valence-electron chi connectivity index (χ2n) is 8.02. The van der Waals surface area contributed by atoms with Crippen molar-refractivity contribution < 1.29 is 4.74 Å². The number of aromatic nitrogens is 2. The number of benzene rings is 2. The zero-order valence-electron chi connectivity index (χ0n) is 18.3. The lowest BCUT2D eigenvalue weighted by Gasteiger charge is -2.32. The van der Waals surface area contributed by atoms with Crippen molar-refractivity contribution in [2.45, 2.75) is 32.4 Å². The summed E-state index contributed by atoms with van der Waals surface area (Å²) in [7, 11) is 1.79. The number of rotatable bonds is 6. The van der Waals surface area contributed by atoms with E-state index < -0.39 is 0 Å². The summed E-state index contributed by atoms with van der Waals surface area (Å²) >= 11 is 0. The Labute approximate surface area is 184 Å². The average Bonchev–Trinajstić information content (AvgIpc) is 3.30. The monoisotopic (exact) mass is 417 g/mol. The highest BCUT2D eigenvalue weighted by molar-refractivity contribution is 5.79. The van der Waals surface area contributed by atoms with Crippen LogP contribution in [0.5, 0.6) is 0 Å². The van der Waals surface area contributed by atoms with Gasteiger partial charge in [-0.05, 0) is 30.9 Å². The van der Waals surface area contributed by atoms with Gasteiger partial charge in [0.1, 0.15) is 5.82 Å². The summed E-state index contributed by atoms with van der Waals surface area (Å²) in [5, 5.41) is 6.83. The SMILES string of the molecule is CN=C(NCc1ncc(-c2ccccc2)[nH]1)NCC1CCCOC1c1ccc(C)cc1. The molecule has 0 saturated carbocycles. The van der Waals surface area contributed by atoms with Gasteiger partial charge in [0.05, 0.1) is 24.5 Å². The van der Waals surface area contributed by atoms with Gasteiger partial charge in [-0.3, -0.25) is 4.99 Å². The molecule has 1 fully saturated rings. The normalized spacial score (nSPS) is 19.2. The maximum absolute atomic E-state index is 6.14. The molecule has 1 aromatic heterocycles. The zero-order valence-corrected chi connectivity index (χ0v) is 18.3. The average molecular weight is 418 g/mol. The van der Waals surface area contributed by atoms with E-state index >= 15 is 0 Å². The van der Waals surface area contributed by atoms with Crippen LogP contribution in [0.25, 0.3) is 11.3 Å². The highest BCUT2D eigenvalue weighted by Crippen LogP contribution is 2.33. The van der Waals surface area contributed by atoms with Crippen molar-refractivity contribution in [2.75, 3.05) is 20.2 Å². The van der Waals surface area contributed by atoms with Gasteiger partial charge in [-0.1, -0.05) is 60.2 Å². The number of guanidine groups is 1. The quantitative estimate of drug-likeness (QED) is 0.415. The Bertz CT molecular complexity index is 981. The van der Waals surface area contributed by atoms with Crippen molar-refractivity contribution in [1.82, 2.24) is 20.6 Å². The number of ether oxygens (including phenoxy) is 1. The fourth-order valence-electron chi connectivity index (χ4n) is 4.01. The molecule has 162 valence electrons. The van der Waals surface area contributed by atoms with Gasteiger partial charge in [0.15, 0.2) is 5.96 Å². The Morgan fingerprint density at radius 2 is 1.94 bits per heavy atom. The lowest BCUT2D eigenvalue weighted by Crippen LogP contribution is -2.41. The van der Waals surface area contributed by atoms with Crippen LogP contribution in [-0.2, 0) is 11.3 Å². The minimum absolute atomic E-state index is 0.124. The highest BCUT2D eigenvalue weighted by Gasteiger charge is 2.27. The molecule has 2 unspecified atom stereocenters. The van der Waals surface area contributed by atoms with E-state index in [1.54, 1.807) is 7.05 Å². The number of nitrogens with zero attached hydrogens (tertiary/aromatic N) is 2. The summed E-state index contributed by atoms with van der Waals surface area (Å²) < 4.78 is 6.14. The molecule has 3 aromatic rings. The second kappa shape index (κ2) is 10.3. The van der Waals surface area contributed by atoms with Crippen molar-refractivity contribution in [3.8, 4) is 11.3 Å². The van der Waals surface area contributed by atoms with Crippen molar-refractivity contribution in [1.29, 1.82) is 0 Å². The number of aryl methyl sites for hydroxylation is 1. The molecule has 0 amide bonds. The van der Waals surface area contributed by atoms with E-state index in [0.717, 1.165) is 49.0 Å². The number of aliphatic imine (C=N–C) groups is 1. The molecule has 2 atom stereocenters. The molecule has 0 radical (unpaired) electrons. The van der Waals surface area contributed by atoms with Crippen LogP contribution in [0.4, 0.5) is 0 Å². The van der Waals surface area contributed by atoms with Crippen molar-refractivity contribution >= 4 is 5.96 Å². The van der Waals surface area contributed by atoms with Crippen LogP contribution in [0.3, 0.4) is 0 Å². The summed E-state index contributed by atoms with van der Waals surface area (Å²) in [6.45, 7) is 4.33. The van der Waals surface area contributed by atoms with E-state index in [1.165, 1.54) is 11.1 Å². The standard InChI is InChI=1S/C25H31N5O/c1-18-10-12-20(13-11-18)24-21(9-6-14-31-24)15-28-25(26-2)29-17-23-27-16-22(30-23)19-7-4-3-5-8-19/h3-5,7-8,10-13,16,21,24H,6,9,14-15,17H2,1-2H3,(H,27,30)(H2,26,28,29). The molecule has 6 nitrogen and oxygen atoms in total. The summed E-state index contributed by atoms with van der Waals surface area (Å²) in [6, 6.07) is 18.9. The topological polar surface area (TPSA) is 74.3 Å². The number of imidazole rings is 1. The summed E-state index contributed by atoms with van der Waals surface area (Å²) in [4.78, 5) is 12.2. The molecule has 0 bridgehead atoms. The van der Waals surface area contributed by atoms with Crippen LogP contribution in [0.2, 0.25) is 0 Å². The Balaban J connectivity index is 1.32. The van der Waals surface area contributed by atoms with Crippen LogP contribution in [0.15, 0.2) is 65.8 Å². The van der Waals surface area contributed by atoms with E-state index in [0.29, 0.717) is 12.5 Å². The molecule has 31 heavy (non-hydrogen) atoms. The van der Waals surface area contributed by atoms with Crippen LogP contribution in [0, 0.1) is 12.8 Å². The molecular weight excluding hydrogens is 386 g/mol. The largest absolute Gasteiger partial charge is 0.373 e. The van der Waals surface area contributed by atoms with Gasteiger partial charge in [-0.2, -0.15) is 0 Å². The molecule has 2 aromatic carbocycles. The number of hydrogen-bond acceptors (Lipinski definition) is 3. The minimum atomic E-state index is 0.124. The van der Waals surface area contributed by atoms with E-state index in [4.69, 9.17) is 4.74 Å². The Morgan fingerprint density at radius 3 is 2.71 bits per heavy atom. The summed E-state index contributed by atoms with van der Waals surface area (Å²) in [6.07, 6.45) is 4.23. The zero-order chi connectivity index (χ0) is 21.5. The lowest BCUT2D eigenvalue weighted by atomic mass is 9.89. The van der Waals surface area contributed by atoms with Gasteiger partial charge in [-0.15, -0.1) is 0 Å². The van der Waals surface area contributed by atoms with Gasteiger partial charge in [0.25, 0.3) is 0 Å². The van der Waals surface area contributed by atoms with E-state index in [2.05, 4.69) is 68.9 Å². The molecule has 2 heterocycles. The van der Waals surface area contributed by atoms with Crippen LogP contribution >= 0.6 is 0 Å². The smallest absolute Gasteiger partial charge is 0.191 e. The highest BCUT2D eigenvalue weighted by atomic mass is 16.5. The van der Waals surface area contributed by atoms with Gasteiger partial charge < -0.3 is 20.4 Å². The van der Waals surface area contributed by atoms with E-state index in [9.17, 15) is 0 Å². The summed E-state index contributed by atoms with van der Waals surface area (Å²) in [5.41, 5.74) is 4.67. The Morgan fingerprint density at radius 1 is 1.13 bits per heavy atom. The predicted molar refractivity (Wildman–Crippen MR) is 125 cm³/mol. The van der Waals surface area contributed by atoms with Crippen LogP contribution in [-0.4, -0.2) is 36.1 Å². The van der Waals surface area contributed by atoms with Gasteiger partial charge in [0, 0.05) is 26.1 Å². The summed E-state index contributed by atoms with van der Waals surface area (Å²) in [5.74, 6) is 2.05.